The molecule has 0 saturated heterocycles. The molecule has 0 unspecified atom stereocenters. The summed E-state index contributed by atoms with van der Waals surface area (Å²) in [5.74, 6) is 0.986. The second-order valence-corrected chi connectivity index (χ2v) is 13.0. The second-order valence-electron chi connectivity index (χ2n) is 11.9. The fourth-order valence-electron chi connectivity index (χ4n) is 6.14. The number of nitrogens with two attached hydrogens (primary N) is 1. The van der Waals surface area contributed by atoms with Gasteiger partial charge in [-0.1, -0.05) is 24.2 Å². The molecule has 0 spiro atoms. The van der Waals surface area contributed by atoms with Crippen LogP contribution in [-0.2, 0) is 4.79 Å². The molecule has 2 aliphatic carbocycles. The van der Waals surface area contributed by atoms with Crippen molar-refractivity contribution in [3.05, 3.63) is 35.6 Å². The van der Waals surface area contributed by atoms with Gasteiger partial charge in [-0.2, -0.15) is 0 Å². The van der Waals surface area contributed by atoms with Crippen LogP contribution in [0.15, 0.2) is 30.6 Å². The number of nitrogens with zero attached hydrogens (tertiary/aromatic N) is 6. The van der Waals surface area contributed by atoms with Crippen LogP contribution >= 0.6 is 11.3 Å². The molecular weight excluding hydrogens is 548 g/mol. The molecule has 4 aromatic rings. The first kappa shape index (κ1) is 28.5. The van der Waals surface area contributed by atoms with Crippen molar-refractivity contribution in [1.29, 1.82) is 0 Å². The van der Waals surface area contributed by atoms with E-state index < -0.39 is 0 Å². The van der Waals surface area contributed by atoms with Crippen LogP contribution in [0, 0.1) is 0 Å². The zero-order chi connectivity index (χ0) is 29.2. The number of rotatable bonds is 8. The van der Waals surface area contributed by atoms with Gasteiger partial charge in [-0.25, -0.2) is 9.50 Å². The molecule has 4 heterocycles. The second kappa shape index (κ2) is 12.3. The molecule has 12 heteroatoms. The Balaban J connectivity index is 1.25. The van der Waals surface area contributed by atoms with Crippen molar-refractivity contribution in [2.45, 2.75) is 102 Å². The van der Waals surface area contributed by atoms with E-state index >= 15 is 0 Å². The summed E-state index contributed by atoms with van der Waals surface area (Å²) in [6.45, 7) is 5.83. The van der Waals surface area contributed by atoms with Gasteiger partial charge in [-0.15, -0.1) is 15.3 Å². The minimum Gasteiger partial charge on any atom is -0.382 e. The van der Waals surface area contributed by atoms with Gasteiger partial charge in [0.05, 0.1) is 28.7 Å². The Labute approximate surface area is 250 Å². The normalized spacial score (nSPS) is 22.8. The lowest BCUT2D eigenvalue weighted by Gasteiger charge is -2.29. The molecule has 0 aliphatic heterocycles. The Morgan fingerprint density at radius 1 is 1.05 bits per heavy atom. The third-order valence-electron chi connectivity index (χ3n) is 8.30. The van der Waals surface area contributed by atoms with Gasteiger partial charge in [0.2, 0.25) is 11.9 Å². The van der Waals surface area contributed by atoms with Gasteiger partial charge in [0.15, 0.2) is 5.01 Å². The first-order valence-corrected chi connectivity index (χ1v) is 15.9. The summed E-state index contributed by atoms with van der Waals surface area (Å²) < 4.78 is 1.89. The summed E-state index contributed by atoms with van der Waals surface area (Å²) in [4.78, 5) is 20.9. The number of amides is 1. The number of hydrogen-bond donors (Lipinski definition) is 4. The number of fused-ring (bicyclic) bond motifs is 1. The largest absolute Gasteiger partial charge is 0.382 e. The zero-order valence-corrected chi connectivity index (χ0v) is 25.3. The molecular formula is C30H40N10OS. The number of hydrogen-bond acceptors (Lipinski definition) is 10. The number of pyridine rings is 1. The van der Waals surface area contributed by atoms with Gasteiger partial charge >= 0.3 is 0 Å². The van der Waals surface area contributed by atoms with Crippen LogP contribution in [0.3, 0.4) is 0 Å². The van der Waals surface area contributed by atoms with E-state index in [4.69, 9.17) is 15.8 Å². The molecule has 2 atom stereocenters. The molecule has 5 N–H and O–H groups in total. The van der Waals surface area contributed by atoms with Crippen LogP contribution < -0.4 is 21.7 Å². The summed E-state index contributed by atoms with van der Waals surface area (Å²) in [5, 5.41) is 26.0. The number of carbonyl (C=O) groups excluding carboxylic acids is 1. The molecule has 1 amide bonds. The van der Waals surface area contributed by atoms with Crippen molar-refractivity contribution in [3.63, 3.8) is 0 Å². The van der Waals surface area contributed by atoms with Gasteiger partial charge in [0.25, 0.3) is 0 Å². The van der Waals surface area contributed by atoms with Gasteiger partial charge in [0, 0.05) is 48.9 Å². The van der Waals surface area contributed by atoms with Crippen LogP contribution in [0.4, 0.5) is 11.6 Å². The smallest absolute Gasteiger partial charge is 0.241 e. The predicted octanol–water partition coefficient (Wildman–Crippen LogP) is 4.97. The first-order valence-electron chi connectivity index (χ1n) is 15.1. The third kappa shape index (κ3) is 6.24. The van der Waals surface area contributed by atoms with Crippen molar-refractivity contribution in [2.75, 3.05) is 10.6 Å². The SMILES string of the molecule is CC(=O)N[C@H]1CC[C@H](c2nnc(-c3cnc(-c4ccc5cnc(N[C@@H]6CCCC[C@@H]6N)nn45)cc3NC(C)C)s2)CC1. The van der Waals surface area contributed by atoms with Gasteiger partial charge in [-0.3, -0.25) is 9.78 Å². The predicted molar refractivity (Wildman–Crippen MR) is 167 cm³/mol. The summed E-state index contributed by atoms with van der Waals surface area (Å²) in [6, 6.07) is 6.88. The fourth-order valence-corrected chi connectivity index (χ4v) is 7.18. The molecule has 11 nitrogen and oxygen atoms in total. The summed E-state index contributed by atoms with van der Waals surface area (Å²) in [6.07, 6.45) is 12.0. The fraction of sp³-hybridized carbons (Fsp3) is 0.533. The molecule has 0 radical (unpaired) electrons. The van der Waals surface area contributed by atoms with Crippen molar-refractivity contribution >= 4 is 34.4 Å². The maximum Gasteiger partial charge on any atom is 0.241 e. The van der Waals surface area contributed by atoms with E-state index in [-0.39, 0.29) is 30.1 Å². The summed E-state index contributed by atoms with van der Waals surface area (Å²) >= 11 is 1.64. The van der Waals surface area contributed by atoms with Crippen LogP contribution in [0.25, 0.3) is 27.5 Å². The summed E-state index contributed by atoms with van der Waals surface area (Å²) in [5.41, 5.74) is 10.8. The van der Waals surface area contributed by atoms with E-state index in [2.05, 4.69) is 51.0 Å². The van der Waals surface area contributed by atoms with Gasteiger partial charge in [-0.05, 0) is 70.6 Å². The highest BCUT2D eigenvalue weighted by atomic mass is 32.1. The standard InChI is InChI=1S/C30H40N10OS/c1-17(2)34-25-14-26(27-13-12-21-15-33-30(39-40(21)27)36-24-7-5-4-6-23(24)31)32-16-22(25)29-38-37-28(42-29)19-8-10-20(11-9-19)35-18(3)41/h12-17,19-20,23-24H,4-11,31H2,1-3H3,(H,32,34)(H,35,41)(H,36,39)/t19-,20-,23-,24+/m0/s1. The van der Waals surface area contributed by atoms with Crippen LogP contribution in [0.2, 0.25) is 0 Å². The number of carbonyl (C=O) groups is 1. The average Bonchev–Trinajstić information content (AvgIpc) is 3.62. The Bertz CT molecular complexity index is 1540. The average molecular weight is 589 g/mol. The molecule has 0 bridgehead atoms. The molecule has 2 fully saturated rings. The molecule has 6 rings (SSSR count). The maximum atomic E-state index is 11.4. The molecule has 2 saturated carbocycles. The monoisotopic (exact) mass is 588 g/mol. The van der Waals surface area contributed by atoms with E-state index in [9.17, 15) is 4.79 Å². The van der Waals surface area contributed by atoms with E-state index in [1.165, 1.54) is 12.8 Å². The minimum atomic E-state index is 0.0414. The van der Waals surface area contributed by atoms with E-state index in [1.54, 1.807) is 18.3 Å². The number of aromatic nitrogens is 6. The zero-order valence-electron chi connectivity index (χ0n) is 24.5. The molecule has 42 heavy (non-hydrogen) atoms. The van der Waals surface area contributed by atoms with Crippen molar-refractivity contribution < 1.29 is 4.79 Å². The van der Waals surface area contributed by atoms with Crippen LogP contribution in [-0.4, -0.2) is 59.9 Å². The topological polar surface area (TPSA) is 148 Å². The Morgan fingerprint density at radius 2 is 1.86 bits per heavy atom. The van der Waals surface area contributed by atoms with Gasteiger partial charge in [0.1, 0.15) is 5.01 Å². The summed E-state index contributed by atoms with van der Waals surface area (Å²) in [7, 11) is 0. The lowest BCUT2D eigenvalue weighted by Crippen LogP contribution is -2.43. The molecule has 2 aliphatic rings. The lowest BCUT2D eigenvalue weighted by atomic mass is 9.86. The molecule has 0 aromatic carbocycles. The van der Waals surface area contributed by atoms with Crippen molar-refractivity contribution in [1.82, 2.24) is 35.1 Å². The highest BCUT2D eigenvalue weighted by Gasteiger charge is 2.27. The number of anilines is 2. The quantitative estimate of drug-likeness (QED) is 0.224. The van der Waals surface area contributed by atoms with Crippen molar-refractivity contribution in [3.8, 4) is 22.0 Å². The van der Waals surface area contributed by atoms with E-state index in [1.807, 2.05) is 29.0 Å². The first-order chi connectivity index (χ1) is 20.3. The molecule has 222 valence electrons. The van der Waals surface area contributed by atoms with Crippen LogP contribution in [0.1, 0.15) is 83.1 Å². The maximum absolute atomic E-state index is 11.4. The molecule has 4 aromatic heterocycles. The lowest BCUT2D eigenvalue weighted by molar-refractivity contribution is -0.119. The third-order valence-corrected chi connectivity index (χ3v) is 9.42. The van der Waals surface area contributed by atoms with Gasteiger partial charge < -0.3 is 21.7 Å². The van der Waals surface area contributed by atoms with Crippen LogP contribution in [0.5, 0.6) is 0 Å². The highest BCUT2D eigenvalue weighted by Crippen LogP contribution is 2.39. The highest BCUT2D eigenvalue weighted by molar-refractivity contribution is 7.14. The Morgan fingerprint density at radius 3 is 2.62 bits per heavy atom. The minimum absolute atomic E-state index is 0.0414. The number of nitrogens with one attached hydrogen (secondary N) is 3. The van der Waals surface area contributed by atoms with E-state index in [0.29, 0.717) is 11.9 Å². The van der Waals surface area contributed by atoms with E-state index in [0.717, 1.165) is 76.7 Å². The Hall–Kier alpha value is -3.64. The Kier molecular flexibility index (Phi) is 8.34. The van der Waals surface area contributed by atoms with Crippen molar-refractivity contribution in [2.24, 2.45) is 5.73 Å².